The number of carboxylic acids is 1. The molecule has 2 N–H and O–H groups in total. The Labute approximate surface area is 151 Å². The van der Waals surface area contributed by atoms with Crippen LogP contribution in [0.2, 0.25) is 0 Å². The van der Waals surface area contributed by atoms with Gasteiger partial charge < -0.3 is 19.7 Å². The van der Waals surface area contributed by atoms with Gasteiger partial charge in [0, 0.05) is 30.1 Å². The molecule has 1 amide bonds. The molecule has 0 radical (unpaired) electrons. The Balaban J connectivity index is 1.66. The molecule has 2 aromatic carbocycles. The number of carboxylic acid groups (broad SMARTS) is 1. The van der Waals surface area contributed by atoms with Crippen LogP contribution in [0.25, 0.3) is 10.9 Å². The number of carbonyl (C=O) groups is 2. The number of hydrogen-bond donors (Lipinski definition) is 2. The largest absolute Gasteiger partial charge is 0.497 e. The van der Waals surface area contributed by atoms with Crippen molar-refractivity contribution in [2.24, 2.45) is 0 Å². The van der Waals surface area contributed by atoms with Crippen molar-refractivity contribution in [1.82, 2.24) is 9.88 Å². The number of ether oxygens (including phenoxy) is 1. The van der Waals surface area contributed by atoms with Crippen LogP contribution in [0, 0.1) is 0 Å². The van der Waals surface area contributed by atoms with E-state index in [-0.39, 0.29) is 12.3 Å². The first-order valence-electron chi connectivity index (χ1n) is 8.28. The highest BCUT2D eigenvalue weighted by Crippen LogP contribution is 2.22. The SMILES string of the molecule is COc1ccc2c(ccn2CCC(=O)NC(C(=O)O)c2ccccc2)c1. The van der Waals surface area contributed by atoms with Crippen LogP contribution in [-0.2, 0) is 16.1 Å². The number of nitrogens with one attached hydrogen (secondary N) is 1. The van der Waals surface area contributed by atoms with Gasteiger partial charge in [-0.15, -0.1) is 0 Å². The van der Waals surface area contributed by atoms with Crippen LogP contribution >= 0.6 is 0 Å². The predicted octanol–water partition coefficient (Wildman–Crippen LogP) is 2.98. The average molecular weight is 352 g/mol. The fourth-order valence-electron chi connectivity index (χ4n) is 2.89. The van der Waals surface area contributed by atoms with Crippen LogP contribution in [0.5, 0.6) is 5.75 Å². The number of nitrogens with zero attached hydrogens (tertiary/aromatic N) is 1. The molecule has 0 spiro atoms. The summed E-state index contributed by atoms with van der Waals surface area (Å²) in [6.07, 6.45) is 2.09. The number of amides is 1. The normalized spacial score (nSPS) is 11.9. The standard InChI is InChI=1S/C20H20N2O4/c1-26-16-7-8-17-15(13-16)9-11-22(17)12-10-18(23)21-19(20(24)25)14-5-3-2-4-6-14/h2-9,11,13,19H,10,12H2,1H3,(H,21,23)(H,24,25). The third-order valence-electron chi connectivity index (χ3n) is 4.24. The van der Waals surface area contributed by atoms with E-state index in [0.29, 0.717) is 12.1 Å². The molecule has 0 saturated carbocycles. The molecule has 1 unspecified atom stereocenters. The number of aromatic nitrogens is 1. The number of rotatable bonds is 7. The van der Waals surface area contributed by atoms with Gasteiger partial charge in [-0.2, -0.15) is 0 Å². The molecule has 1 atom stereocenters. The molecule has 1 heterocycles. The number of methoxy groups -OCH3 is 1. The first-order chi connectivity index (χ1) is 12.6. The van der Waals surface area contributed by atoms with Crippen molar-refractivity contribution in [2.75, 3.05) is 7.11 Å². The first-order valence-corrected chi connectivity index (χ1v) is 8.28. The molecule has 6 heteroatoms. The summed E-state index contributed by atoms with van der Waals surface area (Å²) in [6, 6.07) is 15.3. The molecule has 0 bridgehead atoms. The van der Waals surface area contributed by atoms with E-state index >= 15 is 0 Å². The zero-order valence-corrected chi connectivity index (χ0v) is 14.4. The van der Waals surface area contributed by atoms with Gasteiger partial charge in [0.15, 0.2) is 6.04 Å². The van der Waals surface area contributed by atoms with E-state index in [2.05, 4.69) is 5.32 Å². The molecule has 0 fully saturated rings. The van der Waals surface area contributed by atoms with Gasteiger partial charge in [-0.1, -0.05) is 30.3 Å². The molecule has 134 valence electrons. The van der Waals surface area contributed by atoms with Gasteiger partial charge in [0.05, 0.1) is 7.11 Å². The summed E-state index contributed by atoms with van der Waals surface area (Å²) in [7, 11) is 1.62. The number of fused-ring (bicyclic) bond motifs is 1. The molecule has 3 rings (SSSR count). The lowest BCUT2D eigenvalue weighted by Gasteiger charge is -2.15. The van der Waals surface area contributed by atoms with Gasteiger partial charge in [0.1, 0.15) is 5.75 Å². The molecule has 1 aromatic heterocycles. The Hall–Kier alpha value is -3.28. The second-order valence-corrected chi connectivity index (χ2v) is 5.93. The van der Waals surface area contributed by atoms with E-state index in [0.717, 1.165) is 16.7 Å². The number of carbonyl (C=O) groups excluding carboxylic acids is 1. The molecule has 0 aliphatic carbocycles. The lowest BCUT2D eigenvalue weighted by atomic mass is 10.1. The summed E-state index contributed by atoms with van der Waals surface area (Å²) in [4.78, 5) is 23.7. The van der Waals surface area contributed by atoms with Crippen LogP contribution in [0.15, 0.2) is 60.8 Å². The van der Waals surface area contributed by atoms with Gasteiger partial charge >= 0.3 is 5.97 Å². The second kappa shape index (κ2) is 7.74. The Morgan fingerprint density at radius 3 is 2.62 bits per heavy atom. The fraction of sp³-hybridized carbons (Fsp3) is 0.200. The van der Waals surface area contributed by atoms with Gasteiger partial charge in [0.25, 0.3) is 0 Å². The maximum absolute atomic E-state index is 12.3. The smallest absolute Gasteiger partial charge is 0.330 e. The Bertz CT molecular complexity index is 918. The molecular formula is C20H20N2O4. The van der Waals surface area contributed by atoms with Gasteiger partial charge in [0.2, 0.25) is 5.91 Å². The summed E-state index contributed by atoms with van der Waals surface area (Å²) in [5, 5.41) is 13.0. The molecule has 3 aromatic rings. The molecule has 0 aliphatic heterocycles. The number of aryl methyl sites for hydroxylation is 1. The summed E-state index contributed by atoms with van der Waals surface area (Å²) in [5.41, 5.74) is 1.54. The highest BCUT2D eigenvalue weighted by Gasteiger charge is 2.21. The van der Waals surface area contributed by atoms with E-state index < -0.39 is 12.0 Å². The minimum absolute atomic E-state index is 0.187. The van der Waals surface area contributed by atoms with E-state index in [1.807, 2.05) is 35.0 Å². The summed E-state index contributed by atoms with van der Waals surface area (Å²) in [5.74, 6) is -0.611. The maximum Gasteiger partial charge on any atom is 0.330 e. The van der Waals surface area contributed by atoms with Crippen molar-refractivity contribution in [3.05, 3.63) is 66.4 Å². The third-order valence-corrected chi connectivity index (χ3v) is 4.24. The minimum atomic E-state index is -1.08. The predicted molar refractivity (Wildman–Crippen MR) is 98.1 cm³/mol. The van der Waals surface area contributed by atoms with Crippen LogP contribution in [0.3, 0.4) is 0 Å². The lowest BCUT2D eigenvalue weighted by Crippen LogP contribution is -2.34. The van der Waals surface area contributed by atoms with Gasteiger partial charge in [-0.05, 0) is 29.8 Å². The molecular weight excluding hydrogens is 332 g/mol. The van der Waals surface area contributed by atoms with Crippen LogP contribution in [-0.4, -0.2) is 28.7 Å². The topological polar surface area (TPSA) is 80.6 Å². The highest BCUT2D eigenvalue weighted by atomic mass is 16.5. The van der Waals surface area contributed by atoms with Crippen molar-refractivity contribution in [1.29, 1.82) is 0 Å². The third kappa shape index (κ3) is 3.85. The summed E-state index contributed by atoms with van der Waals surface area (Å²) < 4.78 is 7.17. The zero-order chi connectivity index (χ0) is 18.5. The summed E-state index contributed by atoms with van der Waals surface area (Å²) >= 11 is 0. The van der Waals surface area contributed by atoms with E-state index in [4.69, 9.17) is 4.74 Å². The van der Waals surface area contributed by atoms with Gasteiger partial charge in [-0.25, -0.2) is 4.79 Å². The number of aliphatic carboxylic acids is 1. The molecule has 26 heavy (non-hydrogen) atoms. The van der Waals surface area contributed by atoms with Crippen LogP contribution in [0.1, 0.15) is 18.0 Å². The number of hydrogen-bond acceptors (Lipinski definition) is 3. The monoisotopic (exact) mass is 352 g/mol. The van der Waals surface area contributed by atoms with Crippen molar-refractivity contribution in [3.8, 4) is 5.75 Å². The van der Waals surface area contributed by atoms with E-state index in [9.17, 15) is 14.7 Å². The second-order valence-electron chi connectivity index (χ2n) is 5.93. The molecule has 6 nitrogen and oxygen atoms in total. The van der Waals surface area contributed by atoms with Crippen molar-refractivity contribution in [2.45, 2.75) is 19.0 Å². The first kappa shape index (κ1) is 17.5. The summed E-state index contributed by atoms with van der Waals surface area (Å²) in [6.45, 7) is 0.461. The maximum atomic E-state index is 12.3. The van der Waals surface area contributed by atoms with Crippen molar-refractivity contribution >= 4 is 22.8 Å². The Kier molecular flexibility index (Phi) is 5.22. The average Bonchev–Trinajstić information content (AvgIpc) is 3.07. The lowest BCUT2D eigenvalue weighted by molar-refractivity contribution is -0.142. The van der Waals surface area contributed by atoms with Crippen molar-refractivity contribution in [3.63, 3.8) is 0 Å². The molecule has 0 aliphatic rings. The quantitative estimate of drug-likeness (QED) is 0.685. The highest BCUT2D eigenvalue weighted by molar-refractivity contribution is 5.85. The minimum Gasteiger partial charge on any atom is -0.497 e. The fourth-order valence-corrected chi connectivity index (χ4v) is 2.89. The van der Waals surface area contributed by atoms with Gasteiger partial charge in [-0.3, -0.25) is 4.79 Å². The van der Waals surface area contributed by atoms with E-state index in [1.54, 1.807) is 37.4 Å². The molecule has 0 saturated heterocycles. The van der Waals surface area contributed by atoms with Crippen molar-refractivity contribution < 1.29 is 19.4 Å². The Morgan fingerprint density at radius 1 is 1.15 bits per heavy atom. The Morgan fingerprint density at radius 2 is 1.92 bits per heavy atom. The van der Waals surface area contributed by atoms with Crippen LogP contribution in [0.4, 0.5) is 0 Å². The van der Waals surface area contributed by atoms with Crippen LogP contribution < -0.4 is 10.1 Å². The van der Waals surface area contributed by atoms with E-state index in [1.165, 1.54) is 0 Å². The zero-order valence-electron chi connectivity index (χ0n) is 14.4. The number of benzene rings is 2.